The Hall–Kier alpha value is -1.51. The maximum absolute atomic E-state index is 12.0. The highest BCUT2D eigenvalue weighted by Gasteiger charge is 2.23. The van der Waals surface area contributed by atoms with Crippen molar-refractivity contribution in [2.24, 2.45) is 0 Å². The molecular weight excluding hydrogens is 629 g/mol. The first-order valence-electron chi connectivity index (χ1n) is 19.3. The van der Waals surface area contributed by atoms with Gasteiger partial charge in [0, 0.05) is 19.4 Å². The number of amides is 1. The molecule has 0 aliphatic rings. The van der Waals surface area contributed by atoms with Crippen LogP contribution in [-0.4, -0.2) is 54.3 Å². The minimum absolute atomic E-state index is 0.0755. The van der Waals surface area contributed by atoms with E-state index in [4.69, 9.17) is 13.8 Å². The number of hydrogen-bond acceptors (Lipinski definition) is 7. The summed E-state index contributed by atoms with van der Waals surface area (Å²) >= 11 is 0. The summed E-state index contributed by atoms with van der Waals surface area (Å²) in [5.74, 6) is -0.529. The smallest absolute Gasteiger partial charge is 0.463 e. The molecule has 0 aliphatic carbocycles. The van der Waals surface area contributed by atoms with Crippen LogP contribution >= 0.6 is 7.82 Å². The highest BCUT2D eigenvalue weighted by Crippen LogP contribution is 2.42. The minimum Gasteiger partial charge on any atom is -0.463 e. The Kier molecular flexibility index (Phi) is 34.2. The third-order valence-corrected chi connectivity index (χ3v) is 9.10. The fourth-order valence-electron chi connectivity index (χ4n) is 5.18. The third kappa shape index (κ3) is 35.8. The molecule has 0 aromatic carbocycles. The number of aliphatic hydroxyl groups excluding tert-OH is 1. The average molecular weight is 702 g/mol. The van der Waals surface area contributed by atoms with Gasteiger partial charge < -0.3 is 20.1 Å². The predicted molar refractivity (Wildman–Crippen MR) is 197 cm³/mol. The maximum atomic E-state index is 12.0. The number of aliphatic hydroxyl groups is 1. The topological polar surface area (TPSA) is 131 Å². The van der Waals surface area contributed by atoms with Crippen molar-refractivity contribution < 1.29 is 37.9 Å². The van der Waals surface area contributed by atoms with E-state index < -0.39 is 26.5 Å². The van der Waals surface area contributed by atoms with Crippen molar-refractivity contribution in [3.63, 3.8) is 0 Å². The second-order valence-corrected chi connectivity index (χ2v) is 14.4. The lowest BCUT2D eigenvalue weighted by Gasteiger charge is -2.15. The number of hydrogen-bond donors (Lipinski definition) is 3. The largest absolute Gasteiger partial charge is 0.472 e. The molecule has 3 N–H and O–H groups in total. The summed E-state index contributed by atoms with van der Waals surface area (Å²) in [6, 6.07) is 0. The first-order valence-corrected chi connectivity index (χ1v) is 20.8. The quantitative estimate of drug-likeness (QED) is 0.0255. The molecule has 0 rings (SSSR count). The van der Waals surface area contributed by atoms with E-state index in [-0.39, 0.29) is 32.1 Å². The molecule has 2 unspecified atom stereocenters. The zero-order valence-corrected chi connectivity index (χ0v) is 31.6. The highest BCUT2D eigenvalue weighted by atomic mass is 31.2. The average Bonchev–Trinajstić information content (AvgIpc) is 3.07. The maximum Gasteiger partial charge on any atom is 0.472 e. The molecular formula is C38H72NO8P. The Morgan fingerprint density at radius 2 is 1.17 bits per heavy atom. The molecule has 9 nitrogen and oxygen atoms in total. The molecule has 0 saturated heterocycles. The van der Waals surface area contributed by atoms with Gasteiger partial charge >= 0.3 is 13.8 Å². The number of rotatable bonds is 36. The van der Waals surface area contributed by atoms with Gasteiger partial charge in [-0.2, -0.15) is 0 Å². The zero-order valence-electron chi connectivity index (χ0n) is 30.7. The van der Waals surface area contributed by atoms with Crippen molar-refractivity contribution in [3.8, 4) is 0 Å². The van der Waals surface area contributed by atoms with Gasteiger partial charge in [-0.1, -0.05) is 147 Å². The number of carbonyl (C=O) groups is 2. The Morgan fingerprint density at radius 3 is 1.75 bits per heavy atom. The second-order valence-electron chi connectivity index (χ2n) is 12.9. The van der Waals surface area contributed by atoms with Crippen molar-refractivity contribution in [2.45, 2.75) is 180 Å². The molecule has 0 bridgehead atoms. The summed E-state index contributed by atoms with van der Waals surface area (Å²) in [5.41, 5.74) is 0. The Morgan fingerprint density at radius 1 is 0.646 bits per heavy atom. The van der Waals surface area contributed by atoms with Crippen LogP contribution in [0.2, 0.25) is 0 Å². The molecule has 0 fully saturated rings. The second kappa shape index (κ2) is 35.3. The molecule has 0 aliphatic heterocycles. The summed E-state index contributed by atoms with van der Waals surface area (Å²) in [4.78, 5) is 33.7. The lowest BCUT2D eigenvalue weighted by Crippen LogP contribution is -2.27. The molecule has 0 aromatic rings. The van der Waals surface area contributed by atoms with Crippen LogP contribution in [-0.2, 0) is 27.9 Å². The Bertz CT molecular complexity index is 851. The van der Waals surface area contributed by atoms with Crippen LogP contribution < -0.4 is 5.32 Å². The number of nitrogens with one attached hydrogen (secondary N) is 1. The number of esters is 1. The first-order chi connectivity index (χ1) is 23.3. The summed E-state index contributed by atoms with van der Waals surface area (Å²) in [5, 5.41) is 12.6. The van der Waals surface area contributed by atoms with Crippen LogP contribution in [0.4, 0.5) is 0 Å². The molecule has 10 heteroatoms. The predicted octanol–water partition coefficient (Wildman–Crippen LogP) is 10.0. The van der Waals surface area contributed by atoms with Crippen LogP contribution in [0.15, 0.2) is 24.3 Å². The van der Waals surface area contributed by atoms with Gasteiger partial charge in [-0.05, 0) is 38.5 Å². The van der Waals surface area contributed by atoms with E-state index in [9.17, 15) is 24.2 Å². The third-order valence-electron chi connectivity index (χ3n) is 8.12. The van der Waals surface area contributed by atoms with E-state index in [2.05, 4.69) is 43.5 Å². The van der Waals surface area contributed by atoms with E-state index in [0.717, 1.165) is 70.6 Å². The van der Waals surface area contributed by atoms with Gasteiger partial charge in [0.25, 0.3) is 0 Å². The molecule has 0 heterocycles. The number of unbranched alkanes of at least 4 members (excludes halogenated alkanes) is 19. The van der Waals surface area contributed by atoms with Crippen LogP contribution in [0.1, 0.15) is 174 Å². The number of phosphoric ester groups is 1. The van der Waals surface area contributed by atoms with Gasteiger partial charge in [0.1, 0.15) is 12.7 Å². The van der Waals surface area contributed by atoms with E-state index in [1.165, 1.54) is 77.0 Å². The van der Waals surface area contributed by atoms with Crippen molar-refractivity contribution >= 4 is 19.7 Å². The lowest BCUT2D eigenvalue weighted by molar-refractivity contribution is -0.147. The normalized spacial score (nSPS) is 13.7. The van der Waals surface area contributed by atoms with Gasteiger partial charge in [-0.15, -0.1) is 0 Å². The van der Waals surface area contributed by atoms with E-state index >= 15 is 0 Å². The summed E-state index contributed by atoms with van der Waals surface area (Å²) in [6.07, 6.45) is 35.3. The summed E-state index contributed by atoms with van der Waals surface area (Å²) < 4.78 is 26.8. The number of ether oxygens (including phenoxy) is 1. The summed E-state index contributed by atoms with van der Waals surface area (Å²) in [6.45, 7) is 3.47. The lowest BCUT2D eigenvalue weighted by atomic mass is 10.0. The molecule has 48 heavy (non-hydrogen) atoms. The SMILES string of the molecule is CCC/C=C\C/C=C\CCCCCCCC(=O)NCCOP(=O)(O)OCC(O)COC(=O)CCCCCCCCCCCCCCCC. The Balaban J connectivity index is 3.63. The van der Waals surface area contributed by atoms with Gasteiger partial charge in [-0.3, -0.25) is 18.6 Å². The van der Waals surface area contributed by atoms with Crippen molar-refractivity contribution in [1.82, 2.24) is 5.32 Å². The van der Waals surface area contributed by atoms with Crippen LogP contribution in [0.5, 0.6) is 0 Å². The van der Waals surface area contributed by atoms with Crippen molar-refractivity contribution in [3.05, 3.63) is 24.3 Å². The molecule has 0 radical (unpaired) electrons. The van der Waals surface area contributed by atoms with Gasteiger partial charge in [-0.25, -0.2) is 4.57 Å². The highest BCUT2D eigenvalue weighted by molar-refractivity contribution is 7.47. The van der Waals surface area contributed by atoms with Gasteiger partial charge in [0.2, 0.25) is 5.91 Å². The first kappa shape index (κ1) is 46.5. The van der Waals surface area contributed by atoms with Gasteiger partial charge in [0.15, 0.2) is 0 Å². The molecule has 0 spiro atoms. The fourth-order valence-corrected chi connectivity index (χ4v) is 5.94. The summed E-state index contributed by atoms with van der Waals surface area (Å²) in [7, 11) is -4.41. The fraction of sp³-hybridized carbons (Fsp3) is 0.842. The molecule has 0 saturated carbocycles. The van der Waals surface area contributed by atoms with Crippen molar-refractivity contribution in [2.75, 3.05) is 26.4 Å². The van der Waals surface area contributed by atoms with Gasteiger partial charge in [0.05, 0.1) is 13.2 Å². The number of carbonyl (C=O) groups excluding carboxylic acids is 2. The van der Waals surface area contributed by atoms with E-state index in [0.29, 0.717) is 6.42 Å². The van der Waals surface area contributed by atoms with Crippen LogP contribution in [0.3, 0.4) is 0 Å². The Labute approximate surface area is 293 Å². The molecule has 0 aromatic heterocycles. The van der Waals surface area contributed by atoms with Crippen LogP contribution in [0, 0.1) is 0 Å². The number of phosphoric acid groups is 1. The minimum atomic E-state index is -4.41. The zero-order chi connectivity index (χ0) is 35.4. The standard InChI is InChI=1S/C38H72NO8P/c1-3-5-7-9-11-13-15-17-19-21-23-25-27-29-31-38(42)45-34-36(40)35-47-48(43,44)46-33-32-39-37(41)30-28-26-24-22-20-18-16-14-12-10-8-6-4-2/h8,10,14,16,36,40H,3-7,9,11-13,15,17-35H2,1-2H3,(H,39,41)(H,43,44)/b10-8-,16-14-. The van der Waals surface area contributed by atoms with E-state index in [1.54, 1.807) is 0 Å². The molecule has 282 valence electrons. The molecule has 2 atom stereocenters. The van der Waals surface area contributed by atoms with Crippen LogP contribution in [0.25, 0.3) is 0 Å². The van der Waals surface area contributed by atoms with E-state index in [1.807, 2.05) is 0 Å². The monoisotopic (exact) mass is 701 g/mol. The number of allylic oxidation sites excluding steroid dienone is 4. The van der Waals surface area contributed by atoms with Crippen molar-refractivity contribution in [1.29, 1.82) is 0 Å². The molecule has 1 amide bonds.